The molecule has 2 atom stereocenters. The standard InChI is InChI=1S/C17H23NO4.C2H6/c1-3-22-17(20)18-12-8-7-11-14(18)15(16(19)21-2)13-9-5-4-6-10-13;1-2/h4-6,9-10,14-15H,3,7-8,11-12H2,1-2H3;1-2H3. The number of carbonyl (C=O) groups is 2. The lowest BCUT2D eigenvalue weighted by Crippen LogP contribution is -2.49. The summed E-state index contributed by atoms with van der Waals surface area (Å²) in [6.45, 7) is 6.73. The van der Waals surface area contributed by atoms with Gasteiger partial charge in [-0.25, -0.2) is 4.79 Å². The van der Waals surface area contributed by atoms with Crippen molar-refractivity contribution < 1.29 is 19.1 Å². The van der Waals surface area contributed by atoms with Crippen molar-refractivity contribution >= 4 is 12.1 Å². The SMILES string of the molecule is CC.CCOC(=O)N1CCCCC1C(C(=O)OC)c1ccccc1. The monoisotopic (exact) mass is 335 g/mol. The number of hydrogen-bond acceptors (Lipinski definition) is 4. The largest absolute Gasteiger partial charge is 0.468 e. The first-order chi connectivity index (χ1) is 11.7. The minimum absolute atomic E-state index is 0.220. The second-order valence-corrected chi connectivity index (χ2v) is 5.37. The van der Waals surface area contributed by atoms with Gasteiger partial charge in [0, 0.05) is 6.54 Å². The third-order valence-electron chi connectivity index (χ3n) is 4.05. The molecule has 0 aromatic heterocycles. The predicted octanol–water partition coefficient (Wildman–Crippen LogP) is 3.98. The van der Waals surface area contributed by atoms with Gasteiger partial charge in [0.2, 0.25) is 0 Å². The number of rotatable bonds is 4. The highest BCUT2D eigenvalue weighted by atomic mass is 16.6. The molecule has 134 valence electrons. The average Bonchev–Trinajstić information content (AvgIpc) is 2.65. The molecule has 1 fully saturated rings. The van der Waals surface area contributed by atoms with Crippen molar-refractivity contribution in [1.29, 1.82) is 0 Å². The molecular weight excluding hydrogens is 306 g/mol. The zero-order chi connectivity index (χ0) is 17.9. The molecule has 1 aromatic carbocycles. The summed E-state index contributed by atoms with van der Waals surface area (Å²) in [6, 6.07) is 9.27. The van der Waals surface area contributed by atoms with Crippen LogP contribution in [0.1, 0.15) is 51.5 Å². The Bertz CT molecular complexity index is 503. The first kappa shape index (κ1) is 20.0. The quantitative estimate of drug-likeness (QED) is 0.781. The minimum Gasteiger partial charge on any atom is -0.468 e. The number of carbonyl (C=O) groups excluding carboxylic acids is 2. The van der Waals surface area contributed by atoms with Gasteiger partial charge in [0.15, 0.2) is 0 Å². The average molecular weight is 335 g/mol. The van der Waals surface area contributed by atoms with E-state index in [2.05, 4.69) is 0 Å². The van der Waals surface area contributed by atoms with E-state index in [1.165, 1.54) is 7.11 Å². The van der Waals surface area contributed by atoms with Gasteiger partial charge >= 0.3 is 12.1 Å². The molecule has 2 rings (SSSR count). The van der Waals surface area contributed by atoms with Crippen LogP contribution in [0.25, 0.3) is 0 Å². The van der Waals surface area contributed by atoms with E-state index in [1.807, 2.05) is 44.2 Å². The first-order valence-electron chi connectivity index (χ1n) is 8.75. The van der Waals surface area contributed by atoms with Gasteiger partial charge in [0.05, 0.1) is 19.8 Å². The summed E-state index contributed by atoms with van der Waals surface area (Å²) >= 11 is 0. The molecule has 0 N–H and O–H groups in total. The molecule has 2 unspecified atom stereocenters. The van der Waals surface area contributed by atoms with Crippen molar-refractivity contribution in [2.75, 3.05) is 20.3 Å². The van der Waals surface area contributed by atoms with Crippen LogP contribution < -0.4 is 0 Å². The van der Waals surface area contributed by atoms with Gasteiger partial charge in [-0.3, -0.25) is 4.79 Å². The van der Waals surface area contributed by atoms with Gasteiger partial charge in [0.25, 0.3) is 0 Å². The molecule has 24 heavy (non-hydrogen) atoms. The number of amides is 1. The fourth-order valence-corrected chi connectivity index (χ4v) is 3.04. The summed E-state index contributed by atoms with van der Waals surface area (Å²) in [5.74, 6) is -0.789. The summed E-state index contributed by atoms with van der Waals surface area (Å²) in [7, 11) is 1.38. The van der Waals surface area contributed by atoms with E-state index < -0.39 is 5.92 Å². The molecule has 0 spiro atoms. The maximum atomic E-state index is 12.3. The maximum absolute atomic E-state index is 12.3. The van der Waals surface area contributed by atoms with Crippen LogP contribution in [-0.2, 0) is 14.3 Å². The van der Waals surface area contributed by atoms with E-state index in [0.717, 1.165) is 24.8 Å². The summed E-state index contributed by atoms with van der Waals surface area (Å²) in [4.78, 5) is 26.2. The van der Waals surface area contributed by atoms with Gasteiger partial charge in [-0.1, -0.05) is 44.2 Å². The number of hydrogen-bond donors (Lipinski definition) is 0. The number of methoxy groups -OCH3 is 1. The van der Waals surface area contributed by atoms with Crippen LogP contribution in [0.3, 0.4) is 0 Å². The van der Waals surface area contributed by atoms with Crippen molar-refractivity contribution in [2.24, 2.45) is 0 Å². The predicted molar refractivity (Wildman–Crippen MR) is 93.9 cm³/mol. The summed E-state index contributed by atoms with van der Waals surface area (Å²) in [5.41, 5.74) is 0.871. The Morgan fingerprint density at radius 2 is 1.88 bits per heavy atom. The number of benzene rings is 1. The number of likely N-dealkylation sites (tertiary alicyclic amines) is 1. The van der Waals surface area contributed by atoms with Crippen LogP contribution in [0.15, 0.2) is 30.3 Å². The van der Waals surface area contributed by atoms with Crippen LogP contribution in [-0.4, -0.2) is 43.3 Å². The van der Waals surface area contributed by atoms with Gasteiger partial charge in [-0.05, 0) is 31.7 Å². The molecule has 1 aromatic rings. The lowest BCUT2D eigenvalue weighted by atomic mass is 9.85. The molecule has 0 bridgehead atoms. The van der Waals surface area contributed by atoms with Crippen LogP contribution in [0.4, 0.5) is 4.79 Å². The molecule has 1 heterocycles. The number of piperidine rings is 1. The highest BCUT2D eigenvalue weighted by molar-refractivity contribution is 5.80. The molecule has 1 aliphatic rings. The lowest BCUT2D eigenvalue weighted by Gasteiger charge is -2.38. The second kappa shape index (κ2) is 10.7. The molecule has 1 amide bonds. The lowest BCUT2D eigenvalue weighted by molar-refractivity contribution is -0.144. The Balaban J connectivity index is 0.00000139. The molecule has 0 radical (unpaired) electrons. The van der Waals surface area contributed by atoms with E-state index in [1.54, 1.807) is 11.8 Å². The summed E-state index contributed by atoms with van der Waals surface area (Å²) in [5, 5.41) is 0. The third-order valence-corrected chi connectivity index (χ3v) is 4.05. The summed E-state index contributed by atoms with van der Waals surface area (Å²) < 4.78 is 10.1. The van der Waals surface area contributed by atoms with Crippen LogP contribution in [0.5, 0.6) is 0 Å². The van der Waals surface area contributed by atoms with E-state index in [9.17, 15) is 9.59 Å². The Labute approximate surface area is 144 Å². The minimum atomic E-state index is -0.476. The molecule has 1 aliphatic heterocycles. The topological polar surface area (TPSA) is 55.8 Å². The highest BCUT2D eigenvalue weighted by Gasteiger charge is 2.39. The number of esters is 1. The smallest absolute Gasteiger partial charge is 0.410 e. The Kier molecular flexibility index (Phi) is 8.90. The summed E-state index contributed by atoms with van der Waals surface area (Å²) in [6.07, 6.45) is 2.34. The van der Waals surface area contributed by atoms with Crippen LogP contribution in [0.2, 0.25) is 0 Å². The van der Waals surface area contributed by atoms with Crippen LogP contribution in [0, 0.1) is 0 Å². The highest BCUT2D eigenvalue weighted by Crippen LogP contribution is 2.32. The van der Waals surface area contributed by atoms with Crippen molar-refractivity contribution in [1.82, 2.24) is 4.90 Å². The van der Waals surface area contributed by atoms with E-state index in [-0.39, 0.29) is 18.1 Å². The van der Waals surface area contributed by atoms with E-state index in [4.69, 9.17) is 9.47 Å². The molecular formula is C19H29NO4. The molecule has 5 heteroatoms. The molecule has 0 aliphatic carbocycles. The fraction of sp³-hybridized carbons (Fsp3) is 0.579. The van der Waals surface area contributed by atoms with Crippen molar-refractivity contribution in [3.05, 3.63) is 35.9 Å². The zero-order valence-electron chi connectivity index (χ0n) is 15.2. The fourth-order valence-electron chi connectivity index (χ4n) is 3.04. The Morgan fingerprint density at radius 3 is 2.46 bits per heavy atom. The normalized spacial score (nSPS) is 18.0. The number of nitrogens with zero attached hydrogens (tertiary/aromatic N) is 1. The van der Waals surface area contributed by atoms with E-state index >= 15 is 0 Å². The number of ether oxygens (including phenoxy) is 2. The maximum Gasteiger partial charge on any atom is 0.410 e. The molecule has 0 saturated carbocycles. The van der Waals surface area contributed by atoms with Gasteiger partial charge < -0.3 is 14.4 Å². The zero-order valence-corrected chi connectivity index (χ0v) is 15.2. The third kappa shape index (κ3) is 4.98. The van der Waals surface area contributed by atoms with Crippen molar-refractivity contribution in [2.45, 2.75) is 52.0 Å². The molecule has 1 saturated heterocycles. The van der Waals surface area contributed by atoms with Gasteiger partial charge in [0.1, 0.15) is 5.92 Å². The molecule has 5 nitrogen and oxygen atoms in total. The van der Waals surface area contributed by atoms with Gasteiger partial charge in [-0.2, -0.15) is 0 Å². The van der Waals surface area contributed by atoms with Crippen molar-refractivity contribution in [3.63, 3.8) is 0 Å². The van der Waals surface area contributed by atoms with E-state index in [0.29, 0.717) is 13.2 Å². The Morgan fingerprint density at radius 1 is 1.21 bits per heavy atom. The second-order valence-electron chi connectivity index (χ2n) is 5.37. The van der Waals surface area contributed by atoms with Crippen LogP contribution >= 0.6 is 0 Å². The first-order valence-corrected chi connectivity index (χ1v) is 8.75. The Hall–Kier alpha value is -2.04. The van der Waals surface area contributed by atoms with Gasteiger partial charge in [-0.15, -0.1) is 0 Å². The van der Waals surface area contributed by atoms with Crippen molar-refractivity contribution in [3.8, 4) is 0 Å².